The summed E-state index contributed by atoms with van der Waals surface area (Å²) < 4.78 is 0. The molecule has 5 nitrogen and oxygen atoms in total. The Morgan fingerprint density at radius 2 is 1.82 bits per heavy atom. The summed E-state index contributed by atoms with van der Waals surface area (Å²) in [6.07, 6.45) is 5.73. The van der Waals surface area contributed by atoms with Crippen LogP contribution in [0.25, 0.3) is 0 Å². The molecule has 2 N–H and O–H groups in total. The fourth-order valence-corrected chi connectivity index (χ4v) is 4.67. The van der Waals surface area contributed by atoms with Crippen molar-refractivity contribution in [1.29, 1.82) is 0 Å². The molecule has 0 saturated carbocycles. The third-order valence-corrected chi connectivity index (χ3v) is 6.30. The zero-order valence-corrected chi connectivity index (χ0v) is 17.1. The zero-order valence-electron chi connectivity index (χ0n) is 17.1. The molecular weight excluding hydrogens is 346 g/mol. The molecule has 0 spiro atoms. The van der Waals surface area contributed by atoms with Gasteiger partial charge in [-0.1, -0.05) is 36.4 Å². The maximum absolute atomic E-state index is 4.55. The molecule has 5 heteroatoms. The first-order valence-corrected chi connectivity index (χ1v) is 10.6. The highest BCUT2D eigenvalue weighted by molar-refractivity contribution is 5.37. The van der Waals surface area contributed by atoms with Crippen LogP contribution < -0.4 is 15.8 Å². The first-order chi connectivity index (χ1) is 13.7. The lowest BCUT2D eigenvalue weighted by atomic mass is 9.81. The Morgan fingerprint density at radius 1 is 1.04 bits per heavy atom. The monoisotopic (exact) mass is 379 g/mol. The third-order valence-electron chi connectivity index (χ3n) is 6.30. The number of nitrogens with one attached hydrogen (secondary N) is 2. The van der Waals surface area contributed by atoms with E-state index in [2.05, 4.69) is 63.2 Å². The summed E-state index contributed by atoms with van der Waals surface area (Å²) in [7, 11) is 4.06. The minimum atomic E-state index is 0.586. The van der Waals surface area contributed by atoms with Crippen LogP contribution in [0, 0.1) is 11.8 Å². The molecule has 2 aliphatic heterocycles. The van der Waals surface area contributed by atoms with Gasteiger partial charge in [0.05, 0.1) is 0 Å². The Bertz CT molecular complexity index is 722. The molecule has 1 aromatic carbocycles. The first kappa shape index (κ1) is 19.4. The number of anilines is 1. The van der Waals surface area contributed by atoms with Gasteiger partial charge in [0.15, 0.2) is 0 Å². The average molecular weight is 380 g/mol. The first-order valence-electron chi connectivity index (χ1n) is 10.6. The Hall–Kier alpha value is -1.95. The van der Waals surface area contributed by atoms with E-state index < -0.39 is 0 Å². The second-order valence-electron chi connectivity index (χ2n) is 8.53. The maximum Gasteiger partial charge on any atom is 0.127 e. The second kappa shape index (κ2) is 9.03. The number of benzene rings is 1. The van der Waals surface area contributed by atoms with E-state index in [-0.39, 0.29) is 0 Å². The van der Waals surface area contributed by atoms with E-state index in [1.165, 1.54) is 37.1 Å². The lowest BCUT2D eigenvalue weighted by molar-refractivity contribution is 0.144. The minimum Gasteiger partial charge on any atom is -0.363 e. The summed E-state index contributed by atoms with van der Waals surface area (Å²) in [5, 5.41) is 0. The molecule has 0 bridgehead atoms. The summed E-state index contributed by atoms with van der Waals surface area (Å²) in [5.41, 5.74) is 9.79. The van der Waals surface area contributed by atoms with Crippen molar-refractivity contribution < 1.29 is 0 Å². The lowest BCUT2D eigenvalue weighted by Gasteiger charge is -2.36. The van der Waals surface area contributed by atoms with E-state index in [1.54, 1.807) is 0 Å². The smallest absolute Gasteiger partial charge is 0.127 e. The number of hydrogen-bond donors (Lipinski definition) is 2. The van der Waals surface area contributed by atoms with E-state index in [0.717, 1.165) is 31.2 Å². The quantitative estimate of drug-likeness (QED) is 0.808. The summed E-state index contributed by atoms with van der Waals surface area (Å²) in [6, 6.07) is 15.8. The molecule has 3 heterocycles. The molecule has 2 fully saturated rings. The van der Waals surface area contributed by atoms with E-state index >= 15 is 0 Å². The van der Waals surface area contributed by atoms with Gasteiger partial charge in [-0.25, -0.2) is 4.98 Å². The van der Waals surface area contributed by atoms with Crippen molar-refractivity contribution in [2.24, 2.45) is 11.8 Å². The number of hydrogen-bond acceptors (Lipinski definition) is 5. The number of rotatable bonds is 6. The topological polar surface area (TPSA) is 43.4 Å². The summed E-state index contributed by atoms with van der Waals surface area (Å²) in [4.78, 5) is 9.18. The highest BCUT2D eigenvalue weighted by atomic mass is 15.4. The van der Waals surface area contributed by atoms with Crippen molar-refractivity contribution in [2.45, 2.75) is 31.8 Å². The molecule has 2 unspecified atom stereocenters. The van der Waals surface area contributed by atoms with Crippen LogP contribution in [0.4, 0.5) is 5.82 Å². The Balaban J connectivity index is 1.28. The number of likely N-dealkylation sites (tertiary alicyclic amines) is 1. The number of aromatic nitrogens is 1. The van der Waals surface area contributed by atoms with Crippen LogP contribution in [-0.2, 0) is 13.0 Å². The van der Waals surface area contributed by atoms with Crippen molar-refractivity contribution in [1.82, 2.24) is 20.7 Å². The van der Waals surface area contributed by atoms with Gasteiger partial charge in [0, 0.05) is 39.4 Å². The Morgan fingerprint density at radius 3 is 2.50 bits per heavy atom. The van der Waals surface area contributed by atoms with E-state index in [9.17, 15) is 0 Å². The predicted octanol–water partition coefficient (Wildman–Crippen LogP) is 2.69. The standard InChI is InChI=1S/C23H33N5/c1-27(2)22-9-8-19(15-24-22)17-28-12-10-20(11-13-28)23-21(16-25-26-23)14-18-6-4-3-5-7-18/h3-9,15,20-21,23,25-26H,10-14,16-17H2,1-2H3. The Kier molecular flexibility index (Phi) is 6.25. The highest BCUT2D eigenvalue weighted by Crippen LogP contribution is 2.29. The van der Waals surface area contributed by atoms with Gasteiger partial charge >= 0.3 is 0 Å². The van der Waals surface area contributed by atoms with Crippen molar-refractivity contribution in [3.8, 4) is 0 Å². The fourth-order valence-electron chi connectivity index (χ4n) is 4.67. The van der Waals surface area contributed by atoms with Crippen LogP contribution in [0.2, 0.25) is 0 Å². The third kappa shape index (κ3) is 4.72. The van der Waals surface area contributed by atoms with Gasteiger partial charge in [0.1, 0.15) is 5.82 Å². The molecule has 2 saturated heterocycles. The van der Waals surface area contributed by atoms with Crippen molar-refractivity contribution in [3.63, 3.8) is 0 Å². The largest absolute Gasteiger partial charge is 0.363 e. The summed E-state index contributed by atoms with van der Waals surface area (Å²) in [6.45, 7) is 4.44. The normalized spacial score (nSPS) is 23.8. The van der Waals surface area contributed by atoms with Gasteiger partial charge in [0.25, 0.3) is 0 Å². The van der Waals surface area contributed by atoms with Crippen molar-refractivity contribution in [2.75, 3.05) is 38.6 Å². The zero-order chi connectivity index (χ0) is 19.3. The van der Waals surface area contributed by atoms with Crippen LogP contribution in [-0.4, -0.2) is 49.7 Å². The molecule has 28 heavy (non-hydrogen) atoms. The summed E-state index contributed by atoms with van der Waals surface area (Å²) in [5.74, 6) is 2.46. The van der Waals surface area contributed by atoms with Gasteiger partial charge in [0.2, 0.25) is 0 Å². The molecule has 2 aliphatic rings. The molecule has 2 atom stereocenters. The van der Waals surface area contributed by atoms with E-state index in [4.69, 9.17) is 0 Å². The average Bonchev–Trinajstić information content (AvgIpc) is 3.18. The number of piperidine rings is 1. The van der Waals surface area contributed by atoms with Crippen LogP contribution in [0.1, 0.15) is 24.0 Å². The molecule has 2 aromatic rings. The molecule has 1 aromatic heterocycles. The molecular formula is C23H33N5. The number of nitrogens with zero attached hydrogens (tertiary/aromatic N) is 3. The maximum atomic E-state index is 4.55. The lowest BCUT2D eigenvalue weighted by Crippen LogP contribution is -2.44. The summed E-state index contributed by atoms with van der Waals surface area (Å²) >= 11 is 0. The van der Waals surface area contributed by atoms with Crippen LogP contribution in [0.3, 0.4) is 0 Å². The van der Waals surface area contributed by atoms with Crippen LogP contribution in [0.15, 0.2) is 48.7 Å². The Labute approximate surface area is 169 Å². The van der Waals surface area contributed by atoms with Gasteiger partial charge in [-0.2, -0.15) is 0 Å². The van der Waals surface area contributed by atoms with E-state index in [0.29, 0.717) is 12.0 Å². The molecule has 150 valence electrons. The molecule has 4 rings (SSSR count). The fraction of sp³-hybridized carbons (Fsp3) is 0.522. The SMILES string of the molecule is CN(C)c1ccc(CN2CCC(C3NNCC3Cc3ccccc3)CC2)cn1. The van der Waals surface area contributed by atoms with Gasteiger partial charge in [-0.05, 0) is 61.4 Å². The van der Waals surface area contributed by atoms with Gasteiger partial charge in [-0.3, -0.25) is 15.8 Å². The molecule has 0 radical (unpaired) electrons. The number of hydrazine groups is 1. The minimum absolute atomic E-state index is 0.586. The molecule has 0 amide bonds. The van der Waals surface area contributed by atoms with Gasteiger partial charge < -0.3 is 4.90 Å². The van der Waals surface area contributed by atoms with E-state index in [1.807, 2.05) is 25.2 Å². The number of pyridine rings is 1. The van der Waals surface area contributed by atoms with Crippen molar-refractivity contribution >= 4 is 5.82 Å². The highest BCUT2D eigenvalue weighted by Gasteiger charge is 2.35. The van der Waals surface area contributed by atoms with Crippen LogP contribution in [0.5, 0.6) is 0 Å². The van der Waals surface area contributed by atoms with Crippen LogP contribution >= 0.6 is 0 Å². The van der Waals surface area contributed by atoms with Gasteiger partial charge in [-0.15, -0.1) is 0 Å². The van der Waals surface area contributed by atoms with Crippen molar-refractivity contribution in [3.05, 3.63) is 59.8 Å². The molecule has 0 aliphatic carbocycles. The predicted molar refractivity (Wildman–Crippen MR) is 115 cm³/mol. The second-order valence-corrected chi connectivity index (χ2v) is 8.53.